The van der Waals surface area contributed by atoms with E-state index in [2.05, 4.69) is 10.6 Å². The van der Waals surface area contributed by atoms with Gasteiger partial charge >= 0.3 is 6.03 Å². The minimum Gasteiger partial charge on any atom is -0.352 e. The van der Waals surface area contributed by atoms with Crippen molar-refractivity contribution in [2.45, 2.75) is 50.6 Å². The summed E-state index contributed by atoms with van der Waals surface area (Å²) in [7, 11) is 0. The monoisotopic (exact) mass is 341 g/mol. The number of urea groups is 1. The number of hydrogen-bond acceptors (Lipinski definition) is 3. The van der Waals surface area contributed by atoms with Crippen LogP contribution in [-0.4, -0.2) is 35.3 Å². The van der Waals surface area contributed by atoms with E-state index in [1.807, 2.05) is 31.2 Å². The second-order valence-corrected chi connectivity index (χ2v) is 7.43. The second kappa shape index (κ2) is 5.86. The summed E-state index contributed by atoms with van der Waals surface area (Å²) in [6, 6.07) is 7.36. The third kappa shape index (κ3) is 2.69. The van der Waals surface area contributed by atoms with E-state index in [9.17, 15) is 14.4 Å². The van der Waals surface area contributed by atoms with Gasteiger partial charge in [0, 0.05) is 6.04 Å². The highest BCUT2D eigenvalue weighted by Crippen LogP contribution is 2.39. The molecule has 1 spiro atoms. The van der Waals surface area contributed by atoms with Crippen LogP contribution in [-0.2, 0) is 21.5 Å². The van der Waals surface area contributed by atoms with E-state index in [0.717, 1.165) is 41.7 Å². The zero-order chi connectivity index (χ0) is 17.6. The lowest BCUT2D eigenvalue weighted by atomic mass is 9.76. The summed E-state index contributed by atoms with van der Waals surface area (Å²) in [5.41, 5.74) is 0.957. The fourth-order valence-corrected chi connectivity index (χ4v) is 4.11. The fraction of sp³-hybridized carbons (Fsp3) is 0.526. The van der Waals surface area contributed by atoms with Gasteiger partial charge in [-0.05, 0) is 56.1 Å². The molecule has 2 atom stereocenters. The van der Waals surface area contributed by atoms with Crippen molar-refractivity contribution in [1.82, 2.24) is 15.5 Å². The van der Waals surface area contributed by atoms with Gasteiger partial charge in [-0.15, -0.1) is 0 Å². The van der Waals surface area contributed by atoms with Crippen LogP contribution in [0.4, 0.5) is 4.79 Å². The molecule has 1 aromatic rings. The minimum atomic E-state index is -1.01. The topological polar surface area (TPSA) is 78.5 Å². The SMILES string of the molecule is C[C@@H](NC(=O)CN1C(=O)N[C@@]2(CCCc3ccccc32)C1=O)C1CC1. The molecular weight excluding hydrogens is 318 g/mol. The molecule has 132 valence electrons. The predicted octanol–water partition coefficient (Wildman–Crippen LogP) is 1.68. The molecule has 2 aliphatic carbocycles. The van der Waals surface area contributed by atoms with E-state index < -0.39 is 11.6 Å². The van der Waals surface area contributed by atoms with Crippen molar-refractivity contribution in [3.63, 3.8) is 0 Å². The van der Waals surface area contributed by atoms with E-state index >= 15 is 0 Å². The van der Waals surface area contributed by atoms with Crippen LogP contribution in [0.3, 0.4) is 0 Å². The highest BCUT2D eigenvalue weighted by molar-refractivity contribution is 6.09. The molecule has 4 amide bonds. The Bertz CT molecular complexity index is 743. The lowest BCUT2D eigenvalue weighted by Crippen LogP contribution is -2.47. The standard InChI is InChI=1S/C19H23N3O3/c1-12(13-8-9-13)20-16(23)11-22-17(24)19(21-18(22)25)10-4-6-14-5-2-3-7-15(14)19/h2-3,5,7,12-13H,4,6,8-11H2,1H3,(H,20,23)(H,21,25)/t12-,19-/m1/s1. The summed E-state index contributed by atoms with van der Waals surface area (Å²) in [4.78, 5) is 38.9. The molecule has 1 aromatic carbocycles. The van der Waals surface area contributed by atoms with Crippen LogP contribution in [0.2, 0.25) is 0 Å². The number of amides is 4. The Morgan fingerprint density at radius 1 is 1.36 bits per heavy atom. The van der Waals surface area contributed by atoms with Gasteiger partial charge in [0.2, 0.25) is 5.91 Å². The van der Waals surface area contributed by atoms with Gasteiger partial charge in [0.05, 0.1) is 0 Å². The van der Waals surface area contributed by atoms with E-state index in [4.69, 9.17) is 0 Å². The van der Waals surface area contributed by atoms with Crippen molar-refractivity contribution in [1.29, 1.82) is 0 Å². The summed E-state index contributed by atoms with van der Waals surface area (Å²) < 4.78 is 0. The molecule has 0 unspecified atom stereocenters. The second-order valence-electron chi connectivity index (χ2n) is 7.43. The molecule has 1 heterocycles. The Morgan fingerprint density at radius 3 is 2.88 bits per heavy atom. The van der Waals surface area contributed by atoms with Crippen LogP contribution < -0.4 is 10.6 Å². The van der Waals surface area contributed by atoms with Crippen molar-refractivity contribution in [3.8, 4) is 0 Å². The number of carbonyl (C=O) groups is 3. The Hall–Kier alpha value is -2.37. The number of rotatable bonds is 4. The van der Waals surface area contributed by atoms with Gasteiger partial charge in [0.1, 0.15) is 12.1 Å². The summed E-state index contributed by atoms with van der Waals surface area (Å²) in [5, 5.41) is 5.78. The van der Waals surface area contributed by atoms with Crippen molar-refractivity contribution in [2.75, 3.05) is 6.54 Å². The lowest BCUT2D eigenvalue weighted by Gasteiger charge is -2.33. The molecule has 0 bridgehead atoms. The van der Waals surface area contributed by atoms with Crippen molar-refractivity contribution in [3.05, 3.63) is 35.4 Å². The van der Waals surface area contributed by atoms with Crippen molar-refractivity contribution < 1.29 is 14.4 Å². The normalized spacial score (nSPS) is 26.4. The number of nitrogens with one attached hydrogen (secondary N) is 2. The Kier molecular flexibility index (Phi) is 3.78. The van der Waals surface area contributed by atoms with E-state index in [1.165, 1.54) is 0 Å². The number of carbonyl (C=O) groups excluding carboxylic acids is 3. The van der Waals surface area contributed by atoms with Crippen molar-refractivity contribution in [2.24, 2.45) is 5.92 Å². The molecule has 0 aromatic heterocycles. The number of benzene rings is 1. The maximum absolute atomic E-state index is 13.1. The fourth-order valence-electron chi connectivity index (χ4n) is 4.11. The molecule has 6 nitrogen and oxygen atoms in total. The van der Waals surface area contributed by atoms with Gasteiger partial charge < -0.3 is 10.6 Å². The first-order chi connectivity index (χ1) is 12.0. The van der Waals surface area contributed by atoms with Crippen LogP contribution in [0.15, 0.2) is 24.3 Å². The summed E-state index contributed by atoms with van der Waals surface area (Å²) in [6.45, 7) is 1.76. The molecule has 1 aliphatic heterocycles. The maximum Gasteiger partial charge on any atom is 0.325 e. The number of imide groups is 1. The zero-order valence-corrected chi connectivity index (χ0v) is 14.4. The van der Waals surface area contributed by atoms with Crippen LogP contribution in [0, 0.1) is 5.92 Å². The van der Waals surface area contributed by atoms with E-state index in [0.29, 0.717) is 12.3 Å². The lowest BCUT2D eigenvalue weighted by molar-refractivity contribution is -0.135. The number of hydrogen-bond donors (Lipinski definition) is 2. The van der Waals surface area contributed by atoms with Gasteiger partial charge in [-0.25, -0.2) is 4.79 Å². The smallest absolute Gasteiger partial charge is 0.325 e. The predicted molar refractivity (Wildman–Crippen MR) is 91.6 cm³/mol. The quantitative estimate of drug-likeness (QED) is 0.818. The Balaban J connectivity index is 1.54. The molecule has 1 saturated heterocycles. The molecule has 1 saturated carbocycles. The first-order valence-corrected chi connectivity index (χ1v) is 9.03. The third-order valence-electron chi connectivity index (χ3n) is 5.67. The molecule has 0 radical (unpaired) electrons. The highest BCUT2D eigenvalue weighted by Gasteiger charge is 2.54. The molecule has 3 aliphatic rings. The average Bonchev–Trinajstić information content (AvgIpc) is 3.41. The zero-order valence-electron chi connectivity index (χ0n) is 14.4. The average molecular weight is 341 g/mol. The largest absolute Gasteiger partial charge is 0.352 e. The molecule has 2 N–H and O–H groups in total. The van der Waals surface area contributed by atoms with Gasteiger partial charge in [-0.2, -0.15) is 0 Å². The van der Waals surface area contributed by atoms with Gasteiger partial charge in [0.15, 0.2) is 0 Å². The minimum absolute atomic E-state index is 0.0950. The number of fused-ring (bicyclic) bond motifs is 2. The first kappa shape index (κ1) is 16.1. The van der Waals surface area contributed by atoms with E-state index in [-0.39, 0.29) is 24.4 Å². The maximum atomic E-state index is 13.1. The first-order valence-electron chi connectivity index (χ1n) is 9.03. The summed E-state index contributed by atoms with van der Waals surface area (Å²) in [5.74, 6) is -0.0495. The van der Waals surface area contributed by atoms with Gasteiger partial charge in [-0.1, -0.05) is 24.3 Å². The van der Waals surface area contributed by atoms with Crippen LogP contribution >= 0.6 is 0 Å². The number of aryl methyl sites for hydroxylation is 1. The van der Waals surface area contributed by atoms with Gasteiger partial charge in [-0.3, -0.25) is 14.5 Å². The summed E-state index contributed by atoms with van der Waals surface area (Å²) >= 11 is 0. The van der Waals surface area contributed by atoms with Crippen LogP contribution in [0.1, 0.15) is 43.7 Å². The van der Waals surface area contributed by atoms with E-state index in [1.54, 1.807) is 0 Å². The summed E-state index contributed by atoms with van der Waals surface area (Å²) in [6.07, 6.45) is 4.57. The molecule has 25 heavy (non-hydrogen) atoms. The van der Waals surface area contributed by atoms with Crippen LogP contribution in [0.5, 0.6) is 0 Å². The Morgan fingerprint density at radius 2 is 2.12 bits per heavy atom. The third-order valence-corrected chi connectivity index (χ3v) is 5.67. The molecule has 2 fully saturated rings. The molecule has 6 heteroatoms. The Labute approximate surface area is 147 Å². The van der Waals surface area contributed by atoms with Crippen LogP contribution in [0.25, 0.3) is 0 Å². The molecular formula is C19H23N3O3. The molecule has 4 rings (SSSR count). The number of nitrogens with zero attached hydrogens (tertiary/aromatic N) is 1. The highest BCUT2D eigenvalue weighted by atomic mass is 16.2. The van der Waals surface area contributed by atoms with Gasteiger partial charge in [0.25, 0.3) is 5.91 Å². The van der Waals surface area contributed by atoms with Crippen molar-refractivity contribution >= 4 is 17.8 Å².